The van der Waals surface area contributed by atoms with Crippen LogP contribution in [0, 0.1) is 0 Å². The SMILES string of the molecule is COC(CNC(=O)C1CCCN1S(C)(=O)=O)c1ccc(Cl)cc1Cl. The third-order valence-electron chi connectivity index (χ3n) is 3.99. The van der Waals surface area contributed by atoms with Crippen LogP contribution in [0.25, 0.3) is 0 Å². The van der Waals surface area contributed by atoms with Gasteiger partial charge in [0.1, 0.15) is 12.1 Å². The van der Waals surface area contributed by atoms with E-state index in [1.54, 1.807) is 18.2 Å². The van der Waals surface area contributed by atoms with Gasteiger partial charge in [0.2, 0.25) is 15.9 Å². The highest BCUT2D eigenvalue weighted by molar-refractivity contribution is 7.88. The number of sulfonamides is 1. The standard InChI is InChI=1S/C15H20Cl2N2O4S/c1-23-14(11-6-5-10(16)8-12(11)17)9-18-15(20)13-4-3-7-19(13)24(2,21)22/h5-6,8,13-14H,3-4,7,9H2,1-2H3,(H,18,20). The summed E-state index contributed by atoms with van der Waals surface area (Å²) in [7, 11) is -1.89. The predicted molar refractivity (Wildman–Crippen MR) is 93.8 cm³/mol. The number of ether oxygens (including phenoxy) is 1. The van der Waals surface area contributed by atoms with Crippen molar-refractivity contribution in [2.45, 2.75) is 25.0 Å². The summed E-state index contributed by atoms with van der Waals surface area (Å²) in [6.45, 7) is 0.554. The Morgan fingerprint density at radius 1 is 1.46 bits per heavy atom. The van der Waals surface area contributed by atoms with Crippen LogP contribution in [0.15, 0.2) is 18.2 Å². The lowest BCUT2D eigenvalue weighted by Crippen LogP contribution is -2.46. The van der Waals surface area contributed by atoms with Gasteiger partial charge in [-0.25, -0.2) is 8.42 Å². The fraction of sp³-hybridized carbons (Fsp3) is 0.533. The van der Waals surface area contributed by atoms with Crippen molar-refractivity contribution in [2.75, 3.05) is 26.5 Å². The Labute approximate surface area is 152 Å². The minimum absolute atomic E-state index is 0.185. The first-order valence-corrected chi connectivity index (χ1v) is 10.1. The van der Waals surface area contributed by atoms with E-state index in [4.69, 9.17) is 27.9 Å². The topological polar surface area (TPSA) is 75.7 Å². The first-order valence-electron chi connectivity index (χ1n) is 7.46. The van der Waals surface area contributed by atoms with E-state index in [-0.39, 0.29) is 12.5 Å². The second-order valence-electron chi connectivity index (χ2n) is 5.67. The van der Waals surface area contributed by atoms with E-state index in [0.29, 0.717) is 35.0 Å². The molecule has 1 saturated heterocycles. The molecule has 1 fully saturated rings. The van der Waals surface area contributed by atoms with Crippen LogP contribution in [0.1, 0.15) is 24.5 Å². The number of carbonyl (C=O) groups excluding carboxylic acids is 1. The maximum Gasteiger partial charge on any atom is 0.238 e. The second kappa shape index (κ2) is 8.01. The molecule has 0 aliphatic carbocycles. The summed E-state index contributed by atoms with van der Waals surface area (Å²) in [5.41, 5.74) is 0.704. The third-order valence-corrected chi connectivity index (χ3v) is 5.84. The van der Waals surface area contributed by atoms with Crippen LogP contribution >= 0.6 is 23.2 Å². The number of nitrogens with one attached hydrogen (secondary N) is 1. The first-order chi connectivity index (χ1) is 11.2. The molecule has 1 aromatic carbocycles. The summed E-state index contributed by atoms with van der Waals surface area (Å²) >= 11 is 12.0. The molecule has 1 amide bonds. The quantitative estimate of drug-likeness (QED) is 0.802. The Balaban J connectivity index is 2.04. The zero-order chi connectivity index (χ0) is 17.9. The van der Waals surface area contributed by atoms with Crippen LogP contribution < -0.4 is 5.32 Å². The summed E-state index contributed by atoms with van der Waals surface area (Å²) in [6.07, 6.45) is 1.84. The van der Waals surface area contributed by atoms with Gasteiger partial charge < -0.3 is 10.1 Å². The molecule has 24 heavy (non-hydrogen) atoms. The molecule has 134 valence electrons. The van der Waals surface area contributed by atoms with Gasteiger partial charge in [0.05, 0.1) is 6.26 Å². The predicted octanol–water partition coefficient (Wildman–Crippen LogP) is 2.22. The number of halogens is 2. The lowest BCUT2D eigenvalue weighted by Gasteiger charge is -2.23. The monoisotopic (exact) mass is 394 g/mol. The molecule has 1 heterocycles. The van der Waals surface area contributed by atoms with Crippen molar-refractivity contribution in [3.63, 3.8) is 0 Å². The molecule has 1 aromatic rings. The zero-order valence-electron chi connectivity index (χ0n) is 13.5. The fourth-order valence-electron chi connectivity index (χ4n) is 2.79. The van der Waals surface area contributed by atoms with E-state index in [9.17, 15) is 13.2 Å². The van der Waals surface area contributed by atoms with Crippen molar-refractivity contribution >= 4 is 39.1 Å². The van der Waals surface area contributed by atoms with Gasteiger partial charge in [-0.1, -0.05) is 29.3 Å². The van der Waals surface area contributed by atoms with Crippen LogP contribution in [0.5, 0.6) is 0 Å². The van der Waals surface area contributed by atoms with E-state index in [1.807, 2.05) is 0 Å². The van der Waals surface area contributed by atoms with Crippen molar-refractivity contribution in [1.29, 1.82) is 0 Å². The van der Waals surface area contributed by atoms with E-state index >= 15 is 0 Å². The average molecular weight is 395 g/mol. The molecule has 0 saturated carbocycles. The maximum atomic E-state index is 12.4. The van der Waals surface area contributed by atoms with E-state index in [1.165, 1.54) is 11.4 Å². The van der Waals surface area contributed by atoms with Gasteiger partial charge in [0.25, 0.3) is 0 Å². The third kappa shape index (κ3) is 4.61. The minimum atomic E-state index is -3.40. The molecule has 1 aliphatic heterocycles. The molecule has 1 aliphatic rings. The highest BCUT2D eigenvalue weighted by Gasteiger charge is 2.36. The number of methoxy groups -OCH3 is 1. The normalized spacial score (nSPS) is 20.1. The van der Waals surface area contributed by atoms with E-state index < -0.39 is 22.2 Å². The van der Waals surface area contributed by atoms with Crippen LogP contribution in [0.4, 0.5) is 0 Å². The Bertz CT molecular complexity index is 711. The Morgan fingerprint density at radius 2 is 2.17 bits per heavy atom. The van der Waals surface area contributed by atoms with Crippen molar-refractivity contribution in [3.8, 4) is 0 Å². The maximum absolute atomic E-state index is 12.4. The lowest BCUT2D eigenvalue weighted by atomic mass is 10.1. The number of nitrogens with zero attached hydrogens (tertiary/aromatic N) is 1. The van der Waals surface area contributed by atoms with Gasteiger partial charge in [-0.15, -0.1) is 0 Å². The Morgan fingerprint density at radius 3 is 2.75 bits per heavy atom. The minimum Gasteiger partial charge on any atom is -0.375 e. The number of amides is 1. The molecule has 1 N–H and O–H groups in total. The van der Waals surface area contributed by atoms with Gasteiger partial charge in [-0.3, -0.25) is 4.79 Å². The summed E-state index contributed by atoms with van der Waals surface area (Å²) in [4.78, 5) is 12.4. The number of carbonyl (C=O) groups is 1. The summed E-state index contributed by atoms with van der Waals surface area (Å²) in [5.74, 6) is -0.329. The van der Waals surface area contributed by atoms with Gasteiger partial charge in [0.15, 0.2) is 0 Å². The molecule has 0 radical (unpaired) electrons. The summed E-state index contributed by atoms with van der Waals surface area (Å²) in [6, 6.07) is 4.37. The number of benzene rings is 1. The molecule has 0 bridgehead atoms. The Hall–Kier alpha value is -0.860. The molecule has 2 atom stereocenters. The number of hydrogen-bond donors (Lipinski definition) is 1. The van der Waals surface area contributed by atoms with Gasteiger partial charge in [-0.2, -0.15) is 4.31 Å². The molecule has 0 spiro atoms. The number of hydrogen-bond acceptors (Lipinski definition) is 4. The van der Waals surface area contributed by atoms with Gasteiger partial charge in [-0.05, 0) is 25.0 Å². The van der Waals surface area contributed by atoms with Gasteiger partial charge in [0, 0.05) is 35.8 Å². The summed E-state index contributed by atoms with van der Waals surface area (Å²) < 4.78 is 30.1. The van der Waals surface area contributed by atoms with E-state index in [2.05, 4.69) is 5.32 Å². The first kappa shape index (κ1) is 19.5. The molecule has 9 heteroatoms. The largest absolute Gasteiger partial charge is 0.375 e. The zero-order valence-corrected chi connectivity index (χ0v) is 15.8. The lowest BCUT2D eigenvalue weighted by molar-refractivity contribution is -0.124. The molecular weight excluding hydrogens is 375 g/mol. The van der Waals surface area contributed by atoms with Crippen LogP contribution in [-0.4, -0.2) is 51.1 Å². The van der Waals surface area contributed by atoms with Crippen LogP contribution in [-0.2, 0) is 19.6 Å². The van der Waals surface area contributed by atoms with Crippen LogP contribution in [0.2, 0.25) is 10.0 Å². The van der Waals surface area contributed by atoms with Crippen molar-refractivity contribution in [3.05, 3.63) is 33.8 Å². The average Bonchev–Trinajstić information content (AvgIpc) is 2.99. The second-order valence-corrected chi connectivity index (χ2v) is 8.45. The molecular formula is C15H20Cl2N2O4S. The highest BCUT2D eigenvalue weighted by atomic mass is 35.5. The van der Waals surface area contributed by atoms with Crippen molar-refractivity contribution in [1.82, 2.24) is 9.62 Å². The fourth-order valence-corrected chi connectivity index (χ4v) is 4.45. The molecule has 2 unspecified atom stereocenters. The molecule has 2 rings (SSSR count). The van der Waals surface area contributed by atoms with Crippen LogP contribution in [0.3, 0.4) is 0 Å². The molecule has 6 nitrogen and oxygen atoms in total. The van der Waals surface area contributed by atoms with Crippen molar-refractivity contribution in [2.24, 2.45) is 0 Å². The smallest absolute Gasteiger partial charge is 0.238 e. The van der Waals surface area contributed by atoms with E-state index in [0.717, 1.165) is 6.26 Å². The van der Waals surface area contributed by atoms with Crippen molar-refractivity contribution < 1.29 is 17.9 Å². The Kier molecular flexibility index (Phi) is 6.50. The highest BCUT2D eigenvalue weighted by Crippen LogP contribution is 2.28. The molecule has 0 aromatic heterocycles. The van der Waals surface area contributed by atoms with Gasteiger partial charge >= 0.3 is 0 Å². The summed E-state index contributed by atoms with van der Waals surface area (Å²) in [5, 5.41) is 3.71. The number of rotatable bonds is 6.